The fraction of sp³-hybridized carbons (Fsp3) is 0.118. The molecule has 0 bridgehead atoms. The van der Waals surface area contributed by atoms with E-state index >= 15 is 0 Å². The molecule has 1 aromatic heterocycles. The van der Waals surface area contributed by atoms with E-state index in [0.29, 0.717) is 11.7 Å². The molecule has 0 aliphatic rings. The second-order valence-corrected chi connectivity index (χ2v) is 6.15. The third-order valence-electron chi connectivity index (χ3n) is 3.44. The maximum atomic E-state index is 13.8. The summed E-state index contributed by atoms with van der Waals surface area (Å²) in [4.78, 5) is 11.9. The smallest absolute Gasteiger partial charge is 0.230 e. The molecule has 8 heteroatoms. The van der Waals surface area contributed by atoms with Gasteiger partial charge in [0.25, 0.3) is 0 Å². The zero-order chi connectivity index (χ0) is 17.6. The van der Waals surface area contributed by atoms with Crippen molar-refractivity contribution >= 4 is 17.7 Å². The van der Waals surface area contributed by atoms with Crippen LogP contribution in [-0.4, -0.2) is 26.5 Å². The van der Waals surface area contributed by atoms with Crippen LogP contribution >= 0.6 is 11.8 Å². The molecule has 0 aliphatic heterocycles. The van der Waals surface area contributed by atoms with Gasteiger partial charge < -0.3 is 11.2 Å². The van der Waals surface area contributed by atoms with Gasteiger partial charge in [0.15, 0.2) is 5.82 Å². The minimum atomic E-state index is -0.432. The van der Waals surface area contributed by atoms with Crippen molar-refractivity contribution in [3.05, 3.63) is 66.0 Å². The highest BCUT2D eigenvalue weighted by molar-refractivity contribution is 7.99. The number of hydrogen-bond acceptors (Lipinski definition) is 5. The average Bonchev–Trinajstić information content (AvgIpc) is 3.00. The lowest BCUT2D eigenvalue weighted by atomic mass is 10.2. The third-order valence-corrected chi connectivity index (χ3v) is 4.39. The molecule has 0 spiro atoms. The van der Waals surface area contributed by atoms with Crippen molar-refractivity contribution in [1.29, 1.82) is 0 Å². The summed E-state index contributed by atoms with van der Waals surface area (Å²) in [6.07, 6.45) is 0. The molecule has 3 aromatic rings. The van der Waals surface area contributed by atoms with Crippen LogP contribution in [-0.2, 0) is 11.3 Å². The molecular weight excluding hydrogens is 341 g/mol. The first-order valence-electron chi connectivity index (χ1n) is 7.54. The zero-order valence-corrected chi connectivity index (χ0v) is 14.0. The van der Waals surface area contributed by atoms with Crippen LogP contribution in [0.15, 0.2) is 59.8 Å². The Hall–Kier alpha value is -2.87. The molecule has 1 heterocycles. The highest BCUT2D eigenvalue weighted by atomic mass is 32.2. The molecule has 0 aliphatic carbocycles. The largest absolute Gasteiger partial charge is 0.351 e. The molecule has 0 unspecified atom stereocenters. The van der Waals surface area contributed by atoms with Gasteiger partial charge in [0, 0.05) is 6.54 Å². The van der Waals surface area contributed by atoms with Gasteiger partial charge >= 0.3 is 0 Å². The number of hydrogen-bond donors (Lipinski definition) is 2. The number of nitrogen functional groups attached to an aromatic ring is 1. The van der Waals surface area contributed by atoms with Crippen LogP contribution in [0.5, 0.6) is 0 Å². The standard InChI is InChI=1S/C17H16FN5OS/c18-14-9-5-4-8-13(14)16-21-22-17(23(16)19)25-11-15(24)20-10-12-6-2-1-3-7-12/h1-9H,10-11,19H2,(H,20,24). The Bertz CT molecular complexity index is 868. The van der Waals surface area contributed by atoms with Gasteiger partial charge in [-0.1, -0.05) is 54.2 Å². The van der Waals surface area contributed by atoms with Gasteiger partial charge in [0.05, 0.1) is 11.3 Å². The summed E-state index contributed by atoms with van der Waals surface area (Å²) in [6.45, 7) is 0.454. The van der Waals surface area contributed by atoms with Crippen LogP contribution in [0.2, 0.25) is 0 Å². The molecule has 6 nitrogen and oxygen atoms in total. The number of thioether (sulfide) groups is 1. The summed E-state index contributed by atoms with van der Waals surface area (Å²) in [5.41, 5.74) is 1.28. The zero-order valence-electron chi connectivity index (χ0n) is 13.2. The maximum absolute atomic E-state index is 13.8. The minimum absolute atomic E-state index is 0.138. The number of halogens is 1. The van der Waals surface area contributed by atoms with Crippen LogP contribution in [0.3, 0.4) is 0 Å². The van der Waals surface area contributed by atoms with Crippen molar-refractivity contribution in [2.45, 2.75) is 11.7 Å². The van der Waals surface area contributed by atoms with Gasteiger partial charge in [0.2, 0.25) is 11.1 Å². The molecule has 0 saturated carbocycles. The van der Waals surface area contributed by atoms with E-state index in [2.05, 4.69) is 15.5 Å². The predicted molar refractivity (Wildman–Crippen MR) is 94.6 cm³/mol. The highest BCUT2D eigenvalue weighted by Gasteiger charge is 2.16. The number of nitrogens with one attached hydrogen (secondary N) is 1. The average molecular weight is 357 g/mol. The van der Waals surface area contributed by atoms with Crippen molar-refractivity contribution in [3.63, 3.8) is 0 Å². The first-order chi connectivity index (χ1) is 12.1. The SMILES string of the molecule is Nn1c(SCC(=O)NCc2ccccc2)nnc1-c1ccccc1F. The highest BCUT2D eigenvalue weighted by Crippen LogP contribution is 2.23. The van der Waals surface area contributed by atoms with Crippen molar-refractivity contribution in [3.8, 4) is 11.4 Å². The first kappa shape index (κ1) is 17.0. The quantitative estimate of drug-likeness (QED) is 0.522. The molecule has 25 heavy (non-hydrogen) atoms. The minimum Gasteiger partial charge on any atom is -0.351 e. The van der Waals surface area contributed by atoms with Crippen LogP contribution in [0.25, 0.3) is 11.4 Å². The molecule has 3 rings (SSSR count). The Balaban J connectivity index is 1.59. The summed E-state index contributed by atoms with van der Waals surface area (Å²) in [5.74, 6) is 5.70. The van der Waals surface area contributed by atoms with E-state index < -0.39 is 5.82 Å². The number of aromatic nitrogens is 3. The number of rotatable bonds is 6. The summed E-state index contributed by atoms with van der Waals surface area (Å²) in [5, 5.41) is 11.0. The number of nitrogens with two attached hydrogens (primary N) is 1. The molecule has 0 saturated heterocycles. The van der Waals surface area contributed by atoms with Gasteiger partial charge in [-0.25, -0.2) is 9.07 Å². The van der Waals surface area contributed by atoms with E-state index in [1.165, 1.54) is 10.7 Å². The Labute approximate surface area is 148 Å². The van der Waals surface area contributed by atoms with E-state index in [9.17, 15) is 9.18 Å². The second kappa shape index (κ2) is 7.80. The predicted octanol–water partition coefficient (Wildman–Crippen LogP) is 2.21. The fourth-order valence-corrected chi connectivity index (χ4v) is 2.87. The fourth-order valence-electron chi connectivity index (χ4n) is 2.18. The maximum Gasteiger partial charge on any atom is 0.230 e. The van der Waals surface area contributed by atoms with Crippen molar-refractivity contribution in [2.24, 2.45) is 0 Å². The van der Waals surface area contributed by atoms with E-state index in [1.54, 1.807) is 18.2 Å². The molecule has 3 N–H and O–H groups in total. The second-order valence-electron chi connectivity index (χ2n) is 5.21. The molecular formula is C17H16FN5OS. The van der Waals surface area contributed by atoms with Crippen LogP contribution in [0.4, 0.5) is 4.39 Å². The van der Waals surface area contributed by atoms with Gasteiger partial charge in [-0.2, -0.15) is 0 Å². The van der Waals surface area contributed by atoms with Gasteiger partial charge in [0.1, 0.15) is 5.82 Å². The van der Waals surface area contributed by atoms with Crippen molar-refractivity contribution in [1.82, 2.24) is 20.2 Å². The lowest BCUT2D eigenvalue weighted by Gasteiger charge is -2.06. The molecule has 0 fully saturated rings. The lowest BCUT2D eigenvalue weighted by Crippen LogP contribution is -2.25. The van der Waals surface area contributed by atoms with E-state index in [-0.39, 0.29) is 23.0 Å². The van der Waals surface area contributed by atoms with E-state index in [1.807, 2.05) is 30.3 Å². The molecule has 128 valence electrons. The van der Waals surface area contributed by atoms with Crippen LogP contribution < -0.4 is 11.2 Å². The third kappa shape index (κ3) is 4.16. The molecule has 0 radical (unpaired) electrons. The lowest BCUT2D eigenvalue weighted by molar-refractivity contribution is -0.118. The van der Waals surface area contributed by atoms with Crippen LogP contribution in [0.1, 0.15) is 5.56 Å². The molecule has 2 aromatic carbocycles. The van der Waals surface area contributed by atoms with Gasteiger partial charge in [-0.3, -0.25) is 4.79 Å². The molecule has 0 atom stereocenters. The van der Waals surface area contributed by atoms with Crippen LogP contribution in [0, 0.1) is 5.82 Å². The number of nitrogens with zero attached hydrogens (tertiary/aromatic N) is 3. The van der Waals surface area contributed by atoms with E-state index in [4.69, 9.17) is 5.84 Å². The Morgan fingerprint density at radius 1 is 1.12 bits per heavy atom. The van der Waals surface area contributed by atoms with Crippen molar-refractivity contribution < 1.29 is 9.18 Å². The van der Waals surface area contributed by atoms with Crippen molar-refractivity contribution in [2.75, 3.05) is 11.6 Å². The molecule has 1 amide bonds. The number of carbonyl (C=O) groups is 1. The summed E-state index contributed by atoms with van der Waals surface area (Å²) < 4.78 is 15.0. The number of benzene rings is 2. The topological polar surface area (TPSA) is 85.8 Å². The Kier molecular flexibility index (Phi) is 5.30. The summed E-state index contributed by atoms with van der Waals surface area (Å²) >= 11 is 1.14. The van der Waals surface area contributed by atoms with E-state index in [0.717, 1.165) is 17.3 Å². The van der Waals surface area contributed by atoms with Gasteiger partial charge in [-0.05, 0) is 17.7 Å². The Morgan fingerprint density at radius 2 is 1.84 bits per heavy atom. The Morgan fingerprint density at radius 3 is 2.60 bits per heavy atom. The summed E-state index contributed by atoms with van der Waals surface area (Å²) in [7, 11) is 0. The van der Waals surface area contributed by atoms with Gasteiger partial charge in [-0.15, -0.1) is 10.2 Å². The number of carbonyl (C=O) groups excluding carboxylic acids is 1. The normalized spacial score (nSPS) is 10.6. The monoisotopic (exact) mass is 357 g/mol. The number of amides is 1. The summed E-state index contributed by atoms with van der Waals surface area (Å²) in [6, 6.07) is 15.8. The first-order valence-corrected chi connectivity index (χ1v) is 8.52.